The van der Waals surface area contributed by atoms with Gasteiger partial charge in [0.15, 0.2) is 0 Å². The quantitative estimate of drug-likeness (QED) is 0.659. The molecule has 2 rings (SSSR count). The van der Waals surface area contributed by atoms with Crippen LogP contribution in [-0.4, -0.2) is 6.72 Å². The normalized spacial score (nSPS) is 17.6. The highest BCUT2D eigenvalue weighted by Crippen LogP contribution is 2.54. The molecule has 1 aliphatic rings. The Balaban J connectivity index is 2.42. The number of benzene rings is 1. The Labute approximate surface area is 104 Å². The number of nitrogens with zero attached hydrogens (tertiary/aromatic N) is 1. The van der Waals surface area contributed by atoms with Gasteiger partial charge in [-0.1, -0.05) is 38.1 Å². The topological polar surface area (TPSA) is 12.4 Å². The molecule has 1 heteroatoms. The van der Waals surface area contributed by atoms with Gasteiger partial charge in [0.25, 0.3) is 0 Å². The molecule has 0 aliphatic heterocycles. The molecule has 0 bridgehead atoms. The minimum atomic E-state index is 0.411. The van der Waals surface area contributed by atoms with Crippen molar-refractivity contribution in [2.45, 2.75) is 39.0 Å². The molecule has 0 amide bonds. The van der Waals surface area contributed by atoms with Crippen molar-refractivity contribution in [2.24, 2.45) is 10.9 Å². The SMILES string of the molecule is C=Nc1cc(C2(C(C)C)CC2)ccc1/C=C\C. The summed E-state index contributed by atoms with van der Waals surface area (Å²) in [5, 5.41) is 0. The third-order valence-electron chi connectivity index (χ3n) is 4.02. The van der Waals surface area contributed by atoms with E-state index in [-0.39, 0.29) is 0 Å². The van der Waals surface area contributed by atoms with Gasteiger partial charge in [-0.15, -0.1) is 0 Å². The lowest BCUT2D eigenvalue weighted by molar-refractivity contribution is 0.481. The van der Waals surface area contributed by atoms with Gasteiger partial charge >= 0.3 is 0 Å². The highest BCUT2D eigenvalue weighted by Gasteiger charge is 2.46. The second-order valence-electron chi connectivity index (χ2n) is 5.24. The van der Waals surface area contributed by atoms with Gasteiger partial charge < -0.3 is 0 Å². The van der Waals surface area contributed by atoms with Crippen LogP contribution < -0.4 is 0 Å². The van der Waals surface area contributed by atoms with Crippen molar-refractivity contribution in [1.29, 1.82) is 0 Å². The second kappa shape index (κ2) is 4.48. The molecular weight excluding hydrogens is 206 g/mol. The average molecular weight is 227 g/mol. The van der Waals surface area contributed by atoms with E-state index in [1.807, 2.05) is 13.0 Å². The van der Waals surface area contributed by atoms with Gasteiger partial charge in [-0.2, -0.15) is 0 Å². The summed E-state index contributed by atoms with van der Waals surface area (Å²) in [5.41, 5.74) is 4.01. The lowest BCUT2D eigenvalue weighted by Gasteiger charge is -2.21. The van der Waals surface area contributed by atoms with Gasteiger partial charge in [-0.3, -0.25) is 4.99 Å². The van der Waals surface area contributed by atoms with E-state index in [4.69, 9.17) is 0 Å². The first-order chi connectivity index (χ1) is 8.14. The molecule has 0 unspecified atom stereocenters. The number of hydrogen-bond acceptors (Lipinski definition) is 1. The molecule has 17 heavy (non-hydrogen) atoms. The average Bonchev–Trinajstić information content (AvgIpc) is 3.11. The van der Waals surface area contributed by atoms with Crippen LogP contribution >= 0.6 is 0 Å². The van der Waals surface area contributed by atoms with Crippen LogP contribution in [0.25, 0.3) is 6.08 Å². The molecule has 0 atom stereocenters. The maximum absolute atomic E-state index is 4.15. The molecule has 1 nitrogen and oxygen atoms in total. The van der Waals surface area contributed by atoms with Crippen molar-refractivity contribution in [3.05, 3.63) is 35.4 Å². The highest BCUT2D eigenvalue weighted by atomic mass is 14.7. The van der Waals surface area contributed by atoms with E-state index in [0.29, 0.717) is 11.3 Å². The molecule has 0 N–H and O–H groups in total. The van der Waals surface area contributed by atoms with Crippen LogP contribution in [-0.2, 0) is 5.41 Å². The van der Waals surface area contributed by atoms with Crippen molar-refractivity contribution in [2.75, 3.05) is 0 Å². The predicted octanol–water partition coefficient (Wildman–Crippen LogP) is 4.74. The fourth-order valence-corrected chi connectivity index (χ4v) is 2.64. The Morgan fingerprint density at radius 1 is 1.35 bits per heavy atom. The highest BCUT2D eigenvalue weighted by molar-refractivity contribution is 5.67. The lowest BCUT2D eigenvalue weighted by atomic mass is 9.84. The Hall–Kier alpha value is -1.37. The second-order valence-corrected chi connectivity index (χ2v) is 5.24. The molecule has 1 aromatic rings. The van der Waals surface area contributed by atoms with Crippen molar-refractivity contribution < 1.29 is 0 Å². The Bertz CT molecular complexity index is 451. The summed E-state index contributed by atoms with van der Waals surface area (Å²) < 4.78 is 0. The molecule has 1 saturated carbocycles. The number of allylic oxidation sites excluding steroid dienone is 1. The first-order valence-electron chi connectivity index (χ1n) is 6.38. The molecule has 1 fully saturated rings. The van der Waals surface area contributed by atoms with Crippen LogP contribution in [0, 0.1) is 5.92 Å². The smallest absolute Gasteiger partial charge is 0.0697 e. The fraction of sp³-hybridized carbons (Fsp3) is 0.438. The number of hydrogen-bond donors (Lipinski definition) is 0. The Morgan fingerprint density at radius 2 is 2.06 bits per heavy atom. The number of aliphatic imine (C=N–C) groups is 1. The van der Waals surface area contributed by atoms with Gasteiger partial charge in [-0.25, -0.2) is 0 Å². The summed E-state index contributed by atoms with van der Waals surface area (Å²) >= 11 is 0. The molecule has 0 aromatic heterocycles. The zero-order chi connectivity index (χ0) is 12.5. The van der Waals surface area contributed by atoms with Gasteiger partial charge in [0.1, 0.15) is 0 Å². The summed E-state index contributed by atoms with van der Waals surface area (Å²) in [4.78, 5) is 4.15. The van der Waals surface area contributed by atoms with Crippen molar-refractivity contribution in [1.82, 2.24) is 0 Å². The van der Waals surface area contributed by atoms with Gasteiger partial charge in [0.05, 0.1) is 5.69 Å². The molecular formula is C16H21N. The van der Waals surface area contributed by atoms with Crippen LogP contribution in [0.4, 0.5) is 5.69 Å². The van der Waals surface area contributed by atoms with E-state index in [2.05, 4.69) is 49.8 Å². The number of rotatable bonds is 4. The standard InChI is InChI=1S/C16H21N/c1-5-6-13-7-8-14(11-15(13)17-4)16(9-10-16)12(2)3/h5-8,11-12H,4,9-10H2,1-3H3/b6-5-. The van der Waals surface area contributed by atoms with Gasteiger partial charge in [-0.05, 0) is 55.0 Å². The monoisotopic (exact) mass is 227 g/mol. The maximum Gasteiger partial charge on any atom is 0.0697 e. The fourth-order valence-electron chi connectivity index (χ4n) is 2.64. The lowest BCUT2D eigenvalue weighted by Crippen LogP contribution is -2.14. The van der Waals surface area contributed by atoms with E-state index in [0.717, 1.165) is 11.3 Å². The van der Waals surface area contributed by atoms with Crippen LogP contribution in [0.5, 0.6) is 0 Å². The minimum Gasteiger partial charge on any atom is -0.264 e. The summed E-state index contributed by atoms with van der Waals surface area (Å²) in [6.45, 7) is 10.3. The van der Waals surface area contributed by atoms with E-state index in [1.54, 1.807) is 0 Å². The van der Waals surface area contributed by atoms with E-state index in [9.17, 15) is 0 Å². The first kappa shape index (κ1) is 12.1. The molecule has 0 saturated heterocycles. The molecule has 1 aromatic carbocycles. The largest absolute Gasteiger partial charge is 0.264 e. The molecule has 0 radical (unpaired) electrons. The third kappa shape index (κ3) is 2.06. The summed E-state index contributed by atoms with van der Waals surface area (Å²) in [7, 11) is 0. The molecule has 0 spiro atoms. The van der Waals surface area contributed by atoms with E-state index in [1.165, 1.54) is 18.4 Å². The van der Waals surface area contributed by atoms with Crippen molar-refractivity contribution >= 4 is 18.5 Å². The molecule has 1 aliphatic carbocycles. The first-order valence-corrected chi connectivity index (χ1v) is 6.38. The summed E-state index contributed by atoms with van der Waals surface area (Å²) in [6, 6.07) is 6.65. The molecule has 90 valence electrons. The zero-order valence-electron chi connectivity index (χ0n) is 11.0. The summed E-state index contributed by atoms with van der Waals surface area (Å²) in [5.74, 6) is 0.702. The van der Waals surface area contributed by atoms with Crippen LogP contribution in [0.1, 0.15) is 44.7 Å². The van der Waals surface area contributed by atoms with Gasteiger partial charge in [0.2, 0.25) is 0 Å². The van der Waals surface area contributed by atoms with Crippen LogP contribution in [0.15, 0.2) is 29.3 Å². The Morgan fingerprint density at radius 3 is 2.53 bits per heavy atom. The Kier molecular flexibility index (Phi) is 3.19. The minimum absolute atomic E-state index is 0.411. The summed E-state index contributed by atoms with van der Waals surface area (Å²) in [6.07, 6.45) is 6.75. The van der Waals surface area contributed by atoms with E-state index < -0.39 is 0 Å². The predicted molar refractivity (Wildman–Crippen MR) is 76.1 cm³/mol. The third-order valence-corrected chi connectivity index (χ3v) is 4.02. The van der Waals surface area contributed by atoms with Crippen molar-refractivity contribution in [3.63, 3.8) is 0 Å². The van der Waals surface area contributed by atoms with E-state index >= 15 is 0 Å². The zero-order valence-corrected chi connectivity index (χ0v) is 11.0. The van der Waals surface area contributed by atoms with Gasteiger partial charge in [0, 0.05) is 0 Å². The molecule has 0 heterocycles. The van der Waals surface area contributed by atoms with Crippen LogP contribution in [0.3, 0.4) is 0 Å². The van der Waals surface area contributed by atoms with Crippen LogP contribution in [0.2, 0.25) is 0 Å². The maximum atomic E-state index is 4.15. The van der Waals surface area contributed by atoms with Crippen molar-refractivity contribution in [3.8, 4) is 0 Å².